The summed E-state index contributed by atoms with van der Waals surface area (Å²) in [5, 5.41) is 6.74. The van der Waals surface area contributed by atoms with Gasteiger partial charge in [0, 0.05) is 49.0 Å². The van der Waals surface area contributed by atoms with E-state index in [1.807, 2.05) is 67.7 Å². The van der Waals surface area contributed by atoms with Gasteiger partial charge in [-0.05, 0) is 30.7 Å². The molecule has 1 atom stereocenters. The van der Waals surface area contributed by atoms with E-state index in [9.17, 15) is 9.59 Å². The number of rotatable bonds is 8. The number of hydrogen-bond donors (Lipinski definition) is 3. The molecule has 0 aliphatic heterocycles. The summed E-state index contributed by atoms with van der Waals surface area (Å²) in [6.07, 6.45) is 2.82. The summed E-state index contributed by atoms with van der Waals surface area (Å²) in [5.74, 6) is 0.829. The van der Waals surface area contributed by atoms with E-state index in [2.05, 4.69) is 20.6 Å². The molecule has 3 N–H and O–H groups in total. The second kappa shape index (κ2) is 9.51. The highest BCUT2D eigenvalue weighted by Crippen LogP contribution is 2.22. The Labute approximate surface area is 186 Å². The number of aromatic amines is 1. The van der Waals surface area contributed by atoms with Gasteiger partial charge in [-0.3, -0.25) is 9.59 Å². The number of aryl methyl sites for hydroxylation is 1. The molecule has 0 saturated heterocycles. The Morgan fingerprint density at radius 1 is 1.09 bits per heavy atom. The zero-order chi connectivity index (χ0) is 22.5. The molecule has 2 amide bonds. The zero-order valence-corrected chi connectivity index (χ0v) is 18.1. The van der Waals surface area contributed by atoms with Crippen LogP contribution >= 0.6 is 0 Å². The Bertz CT molecular complexity index is 1230. The lowest BCUT2D eigenvalue weighted by Crippen LogP contribution is -2.47. The van der Waals surface area contributed by atoms with Crippen LogP contribution in [0.2, 0.25) is 0 Å². The highest BCUT2D eigenvalue weighted by atomic mass is 16.4. The smallest absolute Gasteiger partial charge is 0.242 e. The number of nitrogens with zero attached hydrogens (tertiary/aromatic N) is 1. The van der Waals surface area contributed by atoms with Crippen molar-refractivity contribution in [2.75, 3.05) is 6.54 Å². The van der Waals surface area contributed by atoms with Crippen LogP contribution in [-0.4, -0.2) is 34.4 Å². The molecule has 7 nitrogen and oxygen atoms in total. The second-order valence-corrected chi connectivity index (χ2v) is 7.75. The minimum atomic E-state index is -0.662. The van der Waals surface area contributed by atoms with E-state index in [1.165, 1.54) is 6.92 Å². The van der Waals surface area contributed by atoms with Crippen LogP contribution in [0.1, 0.15) is 23.9 Å². The molecule has 4 aromatic rings. The monoisotopic (exact) mass is 430 g/mol. The molecule has 2 aromatic carbocycles. The fourth-order valence-electron chi connectivity index (χ4n) is 3.77. The van der Waals surface area contributed by atoms with Gasteiger partial charge < -0.3 is 20.0 Å². The van der Waals surface area contributed by atoms with E-state index in [4.69, 9.17) is 4.42 Å². The van der Waals surface area contributed by atoms with Crippen LogP contribution in [0.15, 0.2) is 65.2 Å². The van der Waals surface area contributed by atoms with Crippen LogP contribution in [-0.2, 0) is 22.4 Å². The summed E-state index contributed by atoms with van der Waals surface area (Å²) in [5.41, 5.74) is 3.70. The molecule has 0 saturated carbocycles. The molecule has 0 bridgehead atoms. The summed E-state index contributed by atoms with van der Waals surface area (Å²) < 4.78 is 5.79. The Hall–Kier alpha value is -3.87. The van der Waals surface area contributed by atoms with Crippen molar-refractivity contribution >= 4 is 22.7 Å². The standard InChI is InChI=1S/C25H26N4O3/c1-16-21(29-25(32-16)18-8-4-3-5-9-18)12-13-26-24(31)23(28-17(2)30)14-19-15-27-22-11-7-6-10-20(19)22/h3-11,15,23,27H,12-14H2,1-2H3,(H,26,31)(H,28,30)/t23-/m0/s1. The number of H-pyrrole nitrogens is 1. The average molecular weight is 431 g/mol. The number of oxazole rings is 1. The summed E-state index contributed by atoms with van der Waals surface area (Å²) in [6.45, 7) is 3.68. The first-order valence-corrected chi connectivity index (χ1v) is 10.6. The Kier molecular flexibility index (Phi) is 6.35. The van der Waals surface area contributed by atoms with E-state index < -0.39 is 6.04 Å². The van der Waals surface area contributed by atoms with Crippen LogP contribution in [0, 0.1) is 6.92 Å². The minimum Gasteiger partial charge on any atom is -0.441 e. The van der Waals surface area contributed by atoms with Crippen molar-refractivity contribution in [1.29, 1.82) is 0 Å². The molecule has 0 aliphatic rings. The fraction of sp³-hybridized carbons (Fsp3) is 0.240. The molecule has 32 heavy (non-hydrogen) atoms. The number of nitrogens with one attached hydrogen (secondary N) is 3. The van der Waals surface area contributed by atoms with Gasteiger partial charge in [-0.2, -0.15) is 0 Å². The van der Waals surface area contributed by atoms with Crippen LogP contribution in [0.5, 0.6) is 0 Å². The van der Waals surface area contributed by atoms with Gasteiger partial charge in [0.15, 0.2) is 0 Å². The van der Waals surface area contributed by atoms with Crippen molar-refractivity contribution in [1.82, 2.24) is 20.6 Å². The fourth-order valence-corrected chi connectivity index (χ4v) is 3.77. The normalized spacial score (nSPS) is 11.9. The van der Waals surface area contributed by atoms with Gasteiger partial charge in [0.25, 0.3) is 0 Å². The highest BCUT2D eigenvalue weighted by molar-refractivity contribution is 5.89. The number of carbonyl (C=O) groups is 2. The van der Waals surface area contributed by atoms with Gasteiger partial charge in [-0.25, -0.2) is 4.98 Å². The lowest BCUT2D eigenvalue weighted by Gasteiger charge is -2.17. The van der Waals surface area contributed by atoms with Gasteiger partial charge in [0.2, 0.25) is 17.7 Å². The maximum Gasteiger partial charge on any atom is 0.242 e. The van der Waals surface area contributed by atoms with Crippen LogP contribution in [0.3, 0.4) is 0 Å². The molecule has 0 radical (unpaired) electrons. The number of para-hydroxylation sites is 1. The largest absolute Gasteiger partial charge is 0.441 e. The van der Waals surface area contributed by atoms with E-state index in [0.29, 0.717) is 25.3 Å². The first kappa shape index (κ1) is 21.4. The van der Waals surface area contributed by atoms with Gasteiger partial charge in [0.1, 0.15) is 11.8 Å². The molecule has 2 heterocycles. The van der Waals surface area contributed by atoms with Gasteiger partial charge >= 0.3 is 0 Å². The number of fused-ring (bicyclic) bond motifs is 1. The topological polar surface area (TPSA) is 100 Å². The van der Waals surface area contributed by atoms with Crippen LogP contribution in [0.4, 0.5) is 0 Å². The molecule has 2 aromatic heterocycles. The number of benzene rings is 2. The van der Waals surface area contributed by atoms with Gasteiger partial charge in [-0.1, -0.05) is 36.4 Å². The molecule has 164 valence electrons. The summed E-state index contributed by atoms with van der Waals surface area (Å²) in [4.78, 5) is 32.4. The van der Waals surface area contributed by atoms with Gasteiger partial charge in [0.05, 0.1) is 5.69 Å². The van der Waals surface area contributed by atoms with Crippen molar-refractivity contribution in [2.24, 2.45) is 0 Å². The quantitative estimate of drug-likeness (QED) is 0.398. The SMILES string of the molecule is CC(=O)N[C@@H](Cc1c[nH]c2ccccc12)C(=O)NCCc1nc(-c2ccccc2)oc1C. The van der Waals surface area contributed by atoms with E-state index in [-0.39, 0.29) is 11.8 Å². The van der Waals surface area contributed by atoms with Crippen molar-refractivity contribution in [3.05, 3.63) is 77.8 Å². The molecule has 4 rings (SSSR count). The molecule has 0 spiro atoms. The Balaban J connectivity index is 1.40. The molecule has 7 heteroatoms. The number of aromatic nitrogens is 2. The first-order chi connectivity index (χ1) is 15.5. The molecule has 0 fully saturated rings. The zero-order valence-electron chi connectivity index (χ0n) is 18.1. The third-order valence-electron chi connectivity index (χ3n) is 5.37. The third-order valence-corrected chi connectivity index (χ3v) is 5.37. The van der Waals surface area contributed by atoms with Crippen molar-refractivity contribution in [2.45, 2.75) is 32.7 Å². The number of carbonyl (C=O) groups excluding carboxylic acids is 2. The highest BCUT2D eigenvalue weighted by Gasteiger charge is 2.21. The first-order valence-electron chi connectivity index (χ1n) is 10.6. The minimum absolute atomic E-state index is 0.227. The summed E-state index contributed by atoms with van der Waals surface area (Å²) in [7, 11) is 0. The average Bonchev–Trinajstić information content (AvgIpc) is 3.37. The second-order valence-electron chi connectivity index (χ2n) is 7.75. The van der Waals surface area contributed by atoms with Crippen molar-refractivity contribution in [3.63, 3.8) is 0 Å². The van der Waals surface area contributed by atoms with Crippen molar-refractivity contribution in [3.8, 4) is 11.5 Å². The lowest BCUT2D eigenvalue weighted by molar-refractivity contribution is -0.128. The third kappa shape index (κ3) is 4.88. The molecular weight excluding hydrogens is 404 g/mol. The van der Waals surface area contributed by atoms with Crippen LogP contribution < -0.4 is 10.6 Å². The van der Waals surface area contributed by atoms with E-state index >= 15 is 0 Å². The number of hydrogen-bond acceptors (Lipinski definition) is 4. The van der Waals surface area contributed by atoms with Gasteiger partial charge in [-0.15, -0.1) is 0 Å². The molecule has 0 unspecified atom stereocenters. The molecular formula is C25H26N4O3. The van der Waals surface area contributed by atoms with E-state index in [0.717, 1.165) is 33.5 Å². The number of amides is 2. The predicted molar refractivity (Wildman–Crippen MR) is 123 cm³/mol. The Morgan fingerprint density at radius 2 is 1.84 bits per heavy atom. The predicted octanol–water partition coefficient (Wildman–Crippen LogP) is 3.54. The summed E-state index contributed by atoms with van der Waals surface area (Å²) >= 11 is 0. The Morgan fingerprint density at radius 3 is 2.62 bits per heavy atom. The lowest BCUT2D eigenvalue weighted by atomic mass is 10.0. The van der Waals surface area contributed by atoms with E-state index in [1.54, 1.807) is 0 Å². The molecule has 0 aliphatic carbocycles. The maximum absolute atomic E-state index is 12.9. The van der Waals surface area contributed by atoms with Crippen LogP contribution in [0.25, 0.3) is 22.4 Å². The summed E-state index contributed by atoms with van der Waals surface area (Å²) in [6, 6.07) is 16.9. The van der Waals surface area contributed by atoms with Crippen molar-refractivity contribution < 1.29 is 14.0 Å². The maximum atomic E-state index is 12.9.